The van der Waals surface area contributed by atoms with Crippen LogP contribution in [0.15, 0.2) is 42.9 Å². The van der Waals surface area contributed by atoms with Crippen LogP contribution in [0.5, 0.6) is 0 Å². The van der Waals surface area contributed by atoms with Gasteiger partial charge < -0.3 is 0 Å². The highest BCUT2D eigenvalue weighted by molar-refractivity contribution is 5.77. The largest absolute Gasteiger partial charge is 0.256 e. The predicted octanol–water partition coefficient (Wildman–Crippen LogP) is 2.10. The van der Waals surface area contributed by atoms with Gasteiger partial charge in [0, 0.05) is 18.6 Å². The van der Waals surface area contributed by atoms with E-state index in [2.05, 4.69) is 15.1 Å². The van der Waals surface area contributed by atoms with E-state index in [0.29, 0.717) is 0 Å². The lowest BCUT2D eigenvalue weighted by molar-refractivity contribution is 0.917. The van der Waals surface area contributed by atoms with Crippen LogP contribution >= 0.6 is 0 Å². The second kappa shape index (κ2) is 3.41. The lowest BCUT2D eigenvalue weighted by Crippen LogP contribution is -1.88. The van der Waals surface area contributed by atoms with Crippen LogP contribution in [0.25, 0.3) is 16.9 Å². The summed E-state index contributed by atoms with van der Waals surface area (Å²) in [5.41, 5.74) is 3.70. The Morgan fingerprint density at radius 2 is 1.94 bits per heavy atom. The maximum Gasteiger partial charge on any atom is 0.164 e. The van der Waals surface area contributed by atoms with Gasteiger partial charge in [0.1, 0.15) is 0 Å². The van der Waals surface area contributed by atoms with E-state index in [1.807, 2.05) is 37.4 Å². The third-order valence-corrected chi connectivity index (χ3v) is 2.49. The van der Waals surface area contributed by atoms with Crippen molar-refractivity contribution in [2.75, 3.05) is 0 Å². The van der Waals surface area contributed by atoms with Gasteiger partial charge in [-0.2, -0.15) is 5.10 Å². The minimum absolute atomic E-state index is 0.846. The van der Waals surface area contributed by atoms with Crippen molar-refractivity contribution in [2.24, 2.45) is 0 Å². The predicted molar refractivity (Wildman–Crippen MR) is 61.0 cm³/mol. The van der Waals surface area contributed by atoms with Crippen LogP contribution in [-0.4, -0.2) is 19.6 Å². The van der Waals surface area contributed by atoms with Crippen molar-refractivity contribution in [2.45, 2.75) is 6.92 Å². The van der Waals surface area contributed by atoms with Crippen molar-refractivity contribution in [1.82, 2.24) is 19.6 Å². The van der Waals surface area contributed by atoms with Gasteiger partial charge in [-0.15, -0.1) is 0 Å². The van der Waals surface area contributed by atoms with Crippen LogP contribution in [0.3, 0.4) is 0 Å². The number of aryl methyl sites for hydroxylation is 1. The van der Waals surface area contributed by atoms with E-state index in [4.69, 9.17) is 0 Å². The Kier molecular flexibility index (Phi) is 1.93. The van der Waals surface area contributed by atoms with Gasteiger partial charge in [0.2, 0.25) is 0 Å². The Morgan fingerprint density at radius 3 is 2.75 bits per heavy atom. The number of hydrogen-bond donors (Lipinski definition) is 0. The first-order valence-electron chi connectivity index (χ1n) is 5.07. The van der Waals surface area contributed by atoms with Gasteiger partial charge >= 0.3 is 0 Å². The van der Waals surface area contributed by atoms with Crippen LogP contribution in [0.4, 0.5) is 0 Å². The third-order valence-electron chi connectivity index (χ3n) is 2.49. The second-order valence-corrected chi connectivity index (χ2v) is 3.56. The molecule has 4 heteroatoms. The molecule has 78 valence electrons. The minimum atomic E-state index is 0.846. The molecule has 0 atom stereocenters. The van der Waals surface area contributed by atoms with Gasteiger partial charge in [0.25, 0.3) is 0 Å². The molecule has 0 N–H and O–H groups in total. The molecule has 3 aromatic rings. The standard InChI is InChI=1S/C12H10N4/c1-9-11(10-5-2-3-6-13-10)12-14-7-4-8-16(12)15-9/h2-8H,1H3. The van der Waals surface area contributed by atoms with Crippen molar-refractivity contribution < 1.29 is 0 Å². The van der Waals surface area contributed by atoms with Crippen LogP contribution < -0.4 is 0 Å². The van der Waals surface area contributed by atoms with Crippen molar-refractivity contribution in [3.8, 4) is 11.3 Å². The molecule has 4 nitrogen and oxygen atoms in total. The maximum atomic E-state index is 4.40. The van der Waals surface area contributed by atoms with Crippen molar-refractivity contribution in [3.05, 3.63) is 48.5 Å². The zero-order valence-electron chi connectivity index (χ0n) is 8.83. The molecule has 0 aliphatic rings. The fourth-order valence-corrected chi connectivity index (χ4v) is 1.81. The Hall–Kier alpha value is -2.23. The molecule has 0 bridgehead atoms. The number of hydrogen-bond acceptors (Lipinski definition) is 3. The summed E-state index contributed by atoms with van der Waals surface area (Å²) in [6, 6.07) is 7.70. The molecule has 0 radical (unpaired) electrons. The highest BCUT2D eigenvalue weighted by Gasteiger charge is 2.12. The summed E-state index contributed by atoms with van der Waals surface area (Å²) in [5.74, 6) is 0. The Morgan fingerprint density at radius 1 is 1.06 bits per heavy atom. The van der Waals surface area contributed by atoms with Crippen LogP contribution in [-0.2, 0) is 0 Å². The molecule has 0 amide bonds. The van der Waals surface area contributed by atoms with Gasteiger partial charge in [0.05, 0.1) is 17.0 Å². The average molecular weight is 210 g/mol. The van der Waals surface area contributed by atoms with Crippen LogP contribution in [0, 0.1) is 6.92 Å². The number of fused-ring (bicyclic) bond motifs is 1. The smallest absolute Gasteiger partial charge is 0.164 e. The number of rotatable bonds is 1. The van der Waals surface area contributed by atoms with E-state index < -0.39 is 0 Å². The van der Waals surface area contributed by atoms with E-state index in [0.717, 1.165) is 22.6 Å². The summed E-state index contributed by atoms with van der Waals surface area (Å²) in [6.45, 7) is 1.97. The van der Waals surface area contributed by atoms with E-state index in [-0.39, 0.29) is 0 Å². The molecule has 0 saturated heterocycles. The molecule has 0 saturated carbocycles. The summed E-state index contributed by atoms with van der Waals surface area (Å²) in [4.78, 5) is 8.68. The summed E-state index contributed by atoms with van der Waals surface area (Å²) in [5, 5.41) is 4.40. The number of nitrogens with zero attached hydrogens (tertiary/aromatic N) is 4. The molecule has 3 rings (SSSR count). The topological polar surface area (TPSA) is 43.1 Å². The van der Waals surface area contributed by atoms with E-state index in [9.17, 15) is 0 Å². The lowest BCUT2D eigenvalue weighted by atomic mass is 10.1. The van der Waals surface area contributed by atoms with Gasteiger partial charge in [-0.05, 0) is 25.1 Å². The first-order valence-corrected chi connectivity index (χ1v) is 5.07. The van der Waals surface area contributed by atoms with Crippen LogP contribution in [0.2, 0.25) is 0 Å². The van der Waals surface area contributed by atoms with Crippen LogP contribution in [0.1, 0.15) is 5.69 Å². The van der Waals surface area contributed by atoms with Crippen molar-refractivity contribution in [3.63, 3.8) is 0 Å². The zero-order chi connectivity index (χ0) is 11.0. The van der Waals surface area contributed by atoms with E-state index in [1.165, 1.54) is 0 Å². The monoisotopic (exact) mass is 210 g/mol. The summed E-state index contributed by atoms with van der Waals surface area (Å²) in [7, 11) is 0. The summed E-state index contributed by atoms with van der Waals surface area (Å²) in [6.07, 6.45) is 5.44. The highest BCUT2D eigenvalue weighted by atomic mass is 15.2. The van der Waals surface area contributed by atoms with Gasteiger partial charge in [-0.25, -0.2) is 9.50 Å². The molecule has 3 aromatic heterocycles. The number of aromatic nitrogens is 4. The first kappa shape index (κ1) is 9.03. The molecule has 0 spiro atoms. The molecule has 0 fully saturated rings. The third kappa shape index (κ3) is 1.27. The fourth-order valence-electron chi connectivity index (χ4n) is 1.81. The number of pyridine rings is 1. The fraction of sp³-hybridized carbons (Fsp3) is 0.0833. The summed E-state index contributed by atoms with van der Waals surface area (Å²) >= 11 is 0. The van der Waals surface area contributed by atoms with Crippen molar-refractivity contribution >= 4 is 5.65 Å². The Balaban J connectivity index is 2.35. The summed E-state index contributed by atoms with van der Waals surface area (Å²) < 4.78 is 1.78. The molecule has 0 unspecified atom stereocenters. The van der Waals surface area contributed by atoms with Crippen molar-refractivity contribution in [1.29, 1.82) is 0 Å². The van der Waals surface area contributed by atoms with E-state index in [1.54, 1.807) is 16.9 Å². The highest BCUT2D eigenvalue weighted by Crippen LogP contribution is 2.24. The second-order valence-electron chi connectivity index (χ2n) is 3.56. The molecule has 3 heterocycles. The molecule has 16 heavy (non-hydrogen) atoms. The Bertz CT molecular complexity index is 628. The molecule has 0 aliphatic carbocycles. The molecular formula is C12H10N4. The average Bonchev–Trinajstić information content (AvgIpc) is 2.66. The minimum Gasteiger partial charge on any atom is -0.256 e. The zero-order valence-corrected chi connectivity index (χ0v) is 8.83. The first-order chi connectivity index (χ1) is 7.86. The maximum absolute atomic E-state index is 4.40. The van der Waals surface area contributed by atoms with Gasteiger partial charge in [0.15, 0.2) is 5.65 Å². The quantitative estimate of drug-likeness (QED) is 0.617. The molecule has 0 aliphatic heterocycles. The Labute approximate surface area is 92.6 Å². The lowest BCUT2D eigenvalue weighted by Gasteiger charge is -1.97. The molecular weight excluding hydrogens is 200 g/mol. The van der Waals surface area contributed by atoms with Gasteiger partial charge in [-0.1, -0.05) is 6.07 Å². The normalized spacial score (nSPS) is 10.8. The SMILES string of the molecule is Cc1nn2cccnc2c1-c1ccccn1. The van der Waals surface area contributed by atoms with Gasteiger partial charge in [-0.3, -0.25) is 4.98 Å². The van der Waals surface area contributed by atoms with E-state index >= 15 is 0 Å². The molecule has 0 aromatic carbocycles.